The molecule has 0 saturated carbocycles. The van der Waals surface area contributed by atoms with Crippen LogP contribution < -0.4 is 5.32 Å². The van der Waals surface area contributed by atoms with Crippen LogP contribution in [0.15, 0.2) is 29.2 Å². The molecule has 0 bridgehead atoms. The van der Waals surface area contributed by atoms with Gasteiger partial charge in [0.2, 0.25) is 21.1 Å². The normalized spacial score (nSPS) is 16.5. The van der Waals surface area contributed by atoms with E-state index in [2.05, 4.69) is 15.5 Å². The van der Waals surface area contributed by atoms with Crippen LogP contribution in [0.25, 0.3) is 0 Å². The van der Waals surface area contributed by atoms with Crippen LogP contribution in [-0.4, -0.2) is 41.9 Å². The second-order valence-corrected chi connectivity index (χ2v) is 10.1. The zero-order valence-electron chi connectivity index (χ0n) is 16.0. The van der Waals surface area contributed by atoms with Crippen LogP contribution in [0.2, 0.25) is 0 Å². The molecule has 7 nitrogen and oxygen atoms in total. The number of carbonyl (C=O) groups is 1. The van der Waals surface area contributed by atoms with Crippen molar-refractivity contribution in [1.82, 2.24) is 14.5 Å². The van der Waals surface area contributed by atoms with Crippen molar-refractivity contribution >= 4 is 32.4 Å². The Kier molecular flexibility index (Phi) is 6.59. The van der Waals surface area contributed by atoms with E-state index in [0.29, 0.717) is 30.1 Å². The Hall–Kier alpha value is -1.98. The number of alkyl halides is 2. The van der Waals surface area contributed by atoms with Crippen LogP contribution in [0.3, 0.4) is 0 Å². The van der Waals surface area contributed by atoms with Crippen LogP contribution >= 0.6 is 11.3 Å². The molecule has 1 fully saturated rings. The zero-order chi connectivity index (χ0) is 21.2. The summed E-state index contributed by atoms with van der Waals surface area (Å²) in [5.41, 5.74) is 1.06. The summed E-state index contributed by atoms with van der Waals surface area (Å²) in [6.07, 6.45) is -2.05. The van der Waals surface area contributed by atoms with Crippen LogP contribution in [0, 0.1) is 5.92 Å². The first-order chi connectivity index (χ1) is 13.7. The number of nitrogens with one attached hydrogen (secondary N) is 1. The number of amides is 1. The van der Waals surface area contributed by atoms with E-state index in [9.17, 15) is 22.0 Å². The lowest BCUT2D eigenvalue weighted by Crippen LogP contribution is -2.41. The molecule has 0 radical (unpaired) electrons. The number of hydrogen-bond donors (Lipinski definition) is 1. The lowest BCUT2D eigenvalue weighted by atomic mass is 9.97. The third kappa shape index (κ3) is 4.96. The Morgan fingerprint density at radius 1 is 1.17 bits per heavy atom. The Morgan fingerprint density at radius 2 is 1.79 bits per heavy atom. The number of nitrogens with zero attached hydrogens (tertiary/aromatic N) is 3. The fourth-order valence-corrected chi connectivity index (χ4v) is 5.18. The number of rotatable bonds is 6. The lowest BCUT2D eigenvalue weighted by Gasteiger charge is -2.30. The number of carbonyl (C=O) groups excluding carboxylic acids is 1. The molecule has 1 aromatic carbocycles. The maximum Gasteiger partial charge on any atom is 0.291 e. The number of piperidine rings is 1. The van der Waals surface area contributed by atoms with Crippen LogP contribution in [0.5, 0.6) is 0 Å². The monoisotopic (exact) mass is 444 g/mol. The zero-order valence-corrected chi connectivity index (χ0v) is 17.6. The molecule has 2 aromatic rings. The van der Waals surface area contributed by atoms with Crippen molar-refractivity contribution in [2.45, 2.75) is 43.9 Å². The molecular formula is C18H22F2N4O3S2. The molecule has 0 atom stereocenters. The number of aromatic nitrogens is 2. The number of hydrogen-bond acceptors (Lipinski definition) is 6. The molecule has 1 N–H and O–H groups in total. The van der Waals surface area contributed by atoms with Gasteiger partial charge < -0.3 is 5.32 Å². The number of anilines is 1. The van der Waals surface area contributed by atoms with E-state index in [1.54, 1.807) is 12.1 Å². The summed E-state index contributed by atoms with van der Waals surface area (Å²) in [6, 6.07) is 6.85. The molecule has 0 spiro atoms. The average molecular weight is 445 g/mol. The van der Waals surface area contributed by atoms with Gasteiger partial charge in [-0.05, 0) is 36.5 Å². The summed E-state index contributed by atoms with van der Waals surface area (Å²) in [6.45, 7) is 4.50. The molecule has 3 rings (SSSR count). The molecule has 158 valence electrons. The maximum absolute atomic E-state index is 12.8. The first-order valence-corrected chi connectivity index (χ1v) is 11.5. The molecule has 1 aromatic heterocycles. The van der Waals surface area contributed by atoms with Gasteiger partial charge in [-0.2, -0.15) is 4.31 Å². The fraction of sp³-hybridized carbons (Fsp3) is 0.500. The molecule has 1 aliphatic heterocycles. The highest BCUT2D eigenvalue weighted by atomic mass is 32.2. The topological polar surface area (TPSA) is 92.3 Å². The number of halogens is 2. The Balaban J connectivity index is 1.59. The van der Waals surface area contributed by atoms with E-state index in [1.165, 1.54) is 4.31 Å². The Bertz CT molecular complexity index is 954. The molecule has 1 aliphatic rings. The largest absolute Gasteiger partial charge is 0.300 e. The molecule has 0 unspecified atom stereocenters. The Labute approximate surface area is 172 Å². The summed E-state index contributed by atoms with van der Waals surface area (Å²) in [5.74, 6) is -0.463. The van der Waals surface area contributed by atoms with Crippen LogP contribution in [-0.2, 0) is 14.8 Å². The number of sulfonamides is 1. The minimum atomic E-state index is -3.62. The highest BCUT2D eigenvalue weighted by molar-refractivity contribution is 7.89. The van der Waals surface area contributed by atoms with Crippen molar-refractivity contribution < 1.29 is 22.0 Å². The van der Waals surface area contributed by atoms with E-state index >= 15 is 0 Å². The van der Waals surface area contributed by atoms with Crippen molar-refractivity contribution in [2.75, 3.05) is 18.4 Å². The van der Waals surface area contributed by atoms with Crippen molar-refractivity contribution in [3.05, 3.63) is 34.8 Å². The van der Waals surface area contributed by atoms with Crippen LogP contribution in [0.1, 0.15) is 49.6 Å². The minimum absolute atomic E-state index is 0.0191. The average Bonchev–Trinajstić information content (AvgIpc) is 3.17. The summed E-state index contributed by atoms with van der Waals surface area (Å²) >= 11 is 0.628. The SMILES string of the molecule is CC(C)c1ccc(S(=O)(=O)N2CCC(C(=O)Nc3nnc(C(F)F)s3)CC2)cc1. The van der Waals surface area contributed by atoms with Gasteiger partial charge in [-0.25, -0.2) is 17.2 Å². The van der Waals surface area contributed by atoms with Gasteiger partial charge in [0.05, 0.1) is 4.90 Å². The second-order valence-electron chi connectivity index (χ2n) is 7.14. The van der Waals surface area contributed by atoms with Gasteiger partial charge in [-0.1, -0.05) is 37.3 Å². The van der Waals surface area contributed by atoms with Crippen molar-refractivity contribution in [3.63, 3.8) is 0 Å². The molecule has 1 amide bonds. The highest BCUT2D eigenvalue weighted by Crippen LogP contribution is 2.28. The van der Waals surface area contributed by atoms with Gasteiger partial charge in [0.1, 0.15) is 0 Å². The minimum Gasteiger partial charge on any atom is -0.300 e. The quantitative estimate of drug-likeness (QED) is 0.734. The molecule has 11 heteroatoms. The third-order valence-corrected chi connectivity index (χ3v) is 7.63. The van der Waals surface area contributed by atoms with E-state index in [1.807, 2.05) is 26.0 Å². The summed E-state index contributed by atoms with van der Waals surface area (Å²) < 4.78 is 52.2. The van der Waals surface area contributed by atoms with Gasteiger partial charge in [0, 0.05) is 19.0 Å². The fourth-order valence-electron chi connectivity index (χ4n) is 3.11. The van der Waals surface area contributed by atoms with Crippen molar-refractivity contribution in [1.29, 1.82) is 0 Å². The first kappa shape index (κ1) is 21.7. The summed E-state index contributed by atoms with van der Waals surface area (Å²) in [5, 5.41) is 8.92. The maximum atomic E-state index is 12.8. The van der Waals surface area contributed by atoms with E-state index in [0.717, 1.165) is 5.56 Å². The van der Waals surface area contributed by atoms with E-state index < -0.39 is 27.4 Å². The highest BCUT2D eigenvalue weighted by Gasteiger charge is 2.32. The molecule has 1 saturated heterocycles. The van der Waals surface area contributed by atoms with Gasteiger partial charge in [-0.3, -0.25) is 4.79 Å². The van der Waals surface area contributed by atoms with Gasteiger partial charge in [-0.15, -0.1) is 10.2 Å². The van der Waals surface area contributed by atoms with Crippen molar-refractivity contribution in [3.8, 4) is 0 Å². The predicted octanol–water partition coefficient (Wildman–Crippen LogP) is 3.64. The lowest BCUT2D eigenvalue weighted by molar-refractivity contribution is -0.120. The van der Waals surface area contributed by atoms with E-state index in [-0.39, 0.29) is 29.0 Å². The predicted molar refractivity (Wildman–Crippen MR) is 106 cm³/mol. The van der Waals surface area contributed by atoms with E-state index in [4.69, 9.17) is 0 Å². The molecular weight excluding hydrogens is 422 g/mol. The third-order valence-electron chi connectivity index (χ3n) is 4.87. The molecule has 29 heavy (non-hydrogen) atoms. The summed E-state index contributed by atoms with van der Waals surface area (Å²) in [4.78, 5) is 12.6. The molecule has 0 aliphatic carbocycles. The number of benzene rings is 1. The van der Waals surface area contributed by atoms with Gasteiger partial charge in [0.25, 0.3) is 6.43 Å². The van der Waals surface area contributed by atoms with Gasteiger partial charge >= 0.3 is 0 Å². The van der Waals surface area contributed by atoms with Gasteiger partial charge in [0.15, 0.2) is 5.01 Å². The summed E-state index contributed by atoms with van der Waals surface area (Å²) in [7, 11) is -3.62. The van der Waals surface area contributed by atoms with Crippen molar-refractivity contribution in [2.24, 2.45) is 5.92 Å². The standard InChI is InChI=1S/C18H22F2N4O3S2/c1-11(2)12-3-5-14(6-4-12)29(26,27)24-9-7-13(8-10-24)16(25)21-18-23-22-17(28-18)15(19)20/h3-6,11,13,15H,7-10H2,1-2H3,(H,21,23,25). The Morgan fingerprint density at radius 3 is 2.31 bits per heavy atom. The molecule has 2 heterocycles. The first-order valence-electron chi connectivity index (χ1n) is 9.21. The smallest absolute Gasteiger partial charge is 0.291 e. The van der Waals surface area contributed by atoms with Crippen LogP contribution in [0.4, 0.5) is 13.9 Å². The second kappa shape index (κ2) is 8.80.